The van der Waals surface area contributed by atoms with Crippen LogP contribution in [0.1, 0.15) is 11.8 Å². The normalized spacial score (nSPS) is 22.5. The lowest BCUT2D eigenvalue weighted by Crippen LogP contribution is -2.33. The van der Waals surface area contributed by atoms with Gasteiger partial charge < -0.3 is 30.1 Å². The molecule has 170 valence electrons. The summed E-state index contributed by atoms with van der Waals surface area (Å²) < 4.78 is 12.9. The van der Waals surface area contributed by atoms with Gasteiger partial charge in [0.15, 0.2) is 23.2 Å². The van der Waals surface area contributed by atoms with Crippen LogP contribution in [0, 0.1) is 0 Å². The molecule has 0 amide bonds. The molecule has 1 fully saturated rings. The zero-order chi connectivity index (χ0) is 22.8. The highest BCUT2D eigenvalue weighted by Crippen LogP contribution is 2.32. The molecule has 2 aromatic heterocycles. The molecule has 4 aromatic rings. The number of hydrogen-bond acceptors (Lipinski definition) is 9. The van der Waals surface area contributed by atoms with E-state index in [1.807, 2.05) is 54.6 Å². The highest BCUT2D eigenvalue weighted by Gasteiger charge is 2.44. The number of rotatable bonds is 7. The highest BCUT2D eigenvalue weighted by molar-refractivity contribution is 5.82. The maximum absolute atomic E-state index is 10.3. The lowest BCUT2D eigenvalue weighted by Gasteiger charge is -2.16. The number of aliphatic hydroxyl groups excluding tert-OH is 3. The molecule has 4 N–H and O–H groups in total. The van der Waals surface area contributed by atoms with E-state index in [0.717, 1.165) is 17.1 Å². The summed E-state index contributed by atoms with van der Waals surface area (Å²) in [5, 5.41) is 33.0. The Labute approximate surface area is 189 Å². The summed E-state index contributed by atoms with van der Waals surface area (Å²) >= 11 is 0. The number of ether oxygens (including phenoxy) is 2. The van der Waals surface area contributed by atoms with Crippen LogP contribution in [0.2, 0.25) is 0 Å². The summed E-state index contributed by atoms with van der Waals surface area (Å²) in [5.41, 5.74) is 1.96. The van der Waals surface area contributed by atoms with Crippen LogP contribution in [0.15, 0.2) is 67.3 Å². The Kier molecular flexibility index (Phi) is 5.88. The van der Waals surface area contributed by atoms with E-state index in [2.05, 4.69) is 20.3 Å². The van der Waals surface area contributed by atoms with Gasteiger partial charge in [0.05, 0.1) is 12.9 Å². The number of aliphatic hydroxyl groups is 3. The van der Waals surface area contributed by atoms with Crippen LogP contribution < -0.4 is 10.1 Å². The van der Waals surface area contributed by atoms with E-state index in [-0.39, 0.29) is 0 Å². The average Bonchev–Trinajstić information content (AvgIpc) is 3.40. The third-order valence-corrected chi connectivity index (χ3v) is 5.51. The van der Waals surface area contributed by atoms with Gasteiger partial charge in [-0.2, -0.15) is 0 Å². The van der Waals surface area contributed by atoms with Crippen molar-refractivity contribution < 1.29 is 24.8 Å². The van der Waals surface area contributed by atoms with E-state index < -0.39 is 31.1 Å². The van der Waals surface area contributed by atoms with Crippen molar-refractivity contribution in [3.63, 3.8) is 0 Å². The van der Waals surface area contributed by atoms with Gasteiger partial charge >= 0.3 is 0 Å². The third kappa shape index (κ3) is 4.24. The van der Waals surface area contributed by atoms with Gasteiger partial charge in [-0.3, -0.25) is 4.57 Å². The molecule has 0 bridgehead atoms. The van der Waals surface area contributed by atoms with E-state index in [1.54, 1.807) is 0 Å². The molecule has 1 aliphatic heterocycles. The molecular weight excluding hydrogens is 426 g/mol. The minimum absolute atomic E-state index is 0.404. The summed E-state index contributed by atoms with van der Waals surface area (Å²) in [6, 6.07) is 17.3. The maximum Gasteiger partial charge on any atom is 0.167 e. The largest absolute Gasteiger partial charge is 0.457 e. The fourth-order valence-electron chi connectivity index (χ4n) is 3.76. The van der Waals surface area contributed by atoms with Gasteiger partial charge in [0.2, 0.25) is 0 Å². The topological polar surface area (TPSA) is 135 Å². The van der Waals surface area contributed by atoms with Crippen LogP contribution in [-0.2, 0) is 11.3 Å². The molecule has 2 aromatic carbocycles. The first kappa shape index (κ1) is 21.3. The lowest BCUT2D eigenvalue weighted by atomic mass is 10.1. The minimum atomic E-state index is -1.22. The number of benzene rings is 2. The summed E-state index contributed by atoms with van der Waals surface area (Å²) in [6.07, 6.45) is -1.35. The molecule has 1 saturated heterocycles. The van der Waals surface area contributed by atoms with Crippen LogP contribution in [0.3, 0.4) is 0 Å². The summed E-state index contributed by atoms with van der Waals surface area (Å²) in [6.45, 7) is 0.0940. The van der Waals surface area contributed by atoms with E-state index >= 15 is 0 Å². The molecule has 5 rings (SSSR count). The lowest BCUT2D eigenvalue weighted by molar-refractivity contribution is -0.0511. The number of hydrogen-bond donors (Lipinski definition) is 4. The van der Waals surface area contributed by atoms with Gasteiger partial charge in [-0.1, -0.05) is 30.3 Å². The highest BCUT2D eigenvalue weighted by atomic mass is 16.6. The number of nitrogens with zero attached hydrogens (tertiary/aromatic N) is 4. The van der Waals surface area contributed by atoms with Crippen LogP contribution in [0.5, 0.6) is 11.5 Å². The first-order valence-corrected chi connectivity index (χ1v) is 10.5. The average molecular weight is 449 g/mol. The smallest absolute Gasteiger partial charge is 0.167 e. The Morgan fingerprint density at radius 3 is 2.42 bits per heavy atom. The number of aromatic nitrogens is 4. The third-order valence-electron chi connectivity index (χ3n) is 5.51. The molecular formula is C23H23N5O5. The standard InChI is InChI=1S/C23H23N5O5/c29-11-17-19(30)20(31)23(33-17)28-13-27-18-21(25-12-26-22(18)28)24-10-14-6-8-16(9-7-14)32-15-4-2-1-3-5-15/h1-9,12-13,17,19-20,23,29-31H,10-11H2,(H,24,25,26)/t17-,19-,20-,23?/m1/s1. The molecule has 0 spiro atoms. The molecule has 10 nitrogen and oxygen atoms in total. The number of nitrogens with one attached hydrogen (secondary N) is 1. The van der Waals surface area contributed by atoms with Gasteiger partial charge in [-0.05, 0) is 29.8 Å². The second-order valence-corrected chi connectivity index (χ2v) is 7.69. The van der Waals surface area contributed by atoms with Crippen molar-refractivity contribution in [2.75, 3.05) is 11.9 Å². The van der Waals surface area contributed by atoms with Crippen molar-refractivity contribution in [1.82, 2.24) is 19.5 Å². The Balaban J connectivity index is 1.29. The van der Waals surface area contributed by atoms with E-state index in [4.69, 9.17) is 9.47 Å². The Morgan fingerprint density at radius 2 is 1.70 bits per heavy atom. The van der Waals surface area contributed by atoms with Crippen LogP contribution in [0.25, 0.3) is 11.2 Å². The molecule has 1 aliphatic rings. The first-order chi connectivity index (χ1) is 16.1. The quantitative estimate of drug-likeness (QED) is 0.333. The Bertz CT molecular complexity index is 1220. The summed E-state index contributed by atoms with van der Waals surface area (Å²) in [5.74, 6) is 2.04. The van der Waals surface area contributed by atoms with Crippen molar-refractivity contribution in [2.45, 2.75) is 31.1 Å². The molecule has 0 saturated carbocycles. The van der Waals surface area contributed by atoms with E-state index in [9.17, 15) is 15.3 Å². The molecule has 0 aliphatic carbocycles. The van der Waals surface area contributed by atoms with Crippen LogP contribution in [0.4, 0.5) is 5.82 Å². The van der Waals surface area contributed by atoms with Crippen molar-refractivity contribution in [3.05, 3.63) is 72.8 Å². The number of fused-ring (bicyclic) bond motifs is 1. The zero-order valence-electron chi connectivity index (χ0n) is 17.5. The number of imidazole rings is 1. The first-order valence-electron chi connectivity index (χ1n) is 10.5. The van der Waals surface area contributed by atoms with Crippen molar-refractivity contribution in [3.8, 4) is 11.5 Å². The van der Waals surface area contributed by atoms with E-state index in [0.29, 0.717) is 23.5 Å². The predicted octanol–water partition coefficient (Wildman–Crippen LogP) is 1.84. The minimum Gasteiger partial charge on any atom is -0.457 e. The van der Waals surface area contributed by atoms with Gasteiger partial charge in [0, 0.05) is 6.54 Å². The van der Waals surface area contributed by atoms with Crippen LogP contribution >= 0.6 is 0 Å². The fourth-order valence-corrected chi connectivity index (χ4v) is 3.76. The zero-order valence-corrected chi connectivity index (χ0v) is 17.5. The van der Waals surface area contributed by atoms with Crippen molar-refractivity contribution in [2.24, 2.45) is 0 Å². The molecule has 4 atom stereocenters. The van der Waals surface area contributed by atoms with Gasteiger partial charge in [-0.15, -0.1) is 0 Å². The molecule has 1 unspecified atom stereocenters. The SMILES string of the molecule is OC[C@H]1OC(n2cnc3c(NCc4ccc(Oc5ccccc5)cc4)ncnc32)[C@H](O)[C@@H]1O. The fraction of sp³-hybridized carbons (Fsp3) is 0.261. The predicted molar refractivity (Wildman–Crippen MR) is 119 cm³/mol. The molecule has 10 heteroatoms. The van der Waals surface area contributed by atoms with Crippen molar-refractivity contribution >= 4 is 17.0 Å². The maximum atomic E-state index is 10.3. The second-order valence-electron chi connectivity index (χ2n) is 7.69. The van der Waals surface area contributed by atoms with Gasteiger partial charge in [0.25, 0.3) is 0 Å². The summed E-state index contributed by atoms with van der Waals surface area (Å²) in [4.78, 5) is 12.9. The Morgan fingerprint density at radius 1 is 0.939 bits per heavy atom. The van der Waals surface area contributed by atoms with Crippen LogP contribution in [-0.4, -0.2) is 59.8 Å². The second kappa shape index (κ2) is 9.12. The van der Waals surface area contributed by atoms with Gasteiger partial charge in [0.1, 0.15) is 36.1 Å². The van der Waals surface area contributed by atoms with E-state index in [1.165, 1.54) is 17.2 Å². The van der Waals surface area contributed by atoms with Crippen molar-refractivity contribution in [1.29, 1.82) is 0 Å². The monoisotopic (exact) mass is 449 g/mol. The summed E-state index contributed by atoms with van der Waals surface area (Å²) in [7, 11) is 0. The molecule has 0 radical (unpaired) electrons. The molecule has 33 heavy (non-hydrogen) atoms. The van der Waals surface area contributed by atoms with Gasteiger partial charge in [-0.25, -0.2) is 15.0 Å². The number of anilines is 1. The molecule has 3 heterocycles. The Hall–Kier alpha value is -3.57. The number of para-hydroxylation sites is 1.